The highest BCUT2D eigenvalue weighted by molar-refractivity contribution is 7.11. The lowest BCUT2D eigenvalue weighted by Crippen LogP contribution is -2.36. The Labute approximate surface area is 176 Å². The molecule has 0 spiro atoms. The van der Waals surface area contributed by atoms with Gasteiger partial charge in [0.25, 0.3) is 0 Å². The van der Waals surface area contributed by atoms with E-state index in [0.717, 1.165) is 11.5 Å². The number of nitrogens with one attached hydrogen (secondary N) is 3. The first kappa shape index (κ1) is 22.2. The second-order valence-electron chi connectivity index (χ2n) is 5.99. The van der Waals surface area contributed by atoms with Gasteiger partial charge in [-0.2, -0.15) is 4.37 Å². The molecule has 2 rings (SSSR count). The maximum Gasteiger partial charge on any atom is 0.344 e. The van der Waals surface area contributed by atoms with Crippen molar-refractivity contribution in [3.8, 4) is 5.88 Å². The molecule has 0 radical (unpaired) electrons. The monoisotopic (exact) mass is 446 g/mol. The van der Waals surface area contributed by atoms with Gasteiger partial charge in [0.2, 0.25) is 5.88 Å². The molecule has 1 aromatic carbocycles. The van der Waals surface area contributed by atoms with Gasteiger partial charge >= 0.3 is 12.0 Å². The van der Waals surface area contributed by atoms with E-state index in [1.54, 1.807) is 18.2 Å². The number of carbonyl (C=O) groups excluding carboxylic acids is 1. The summed E-state index contributed by atoms with van der Waals surface area (Å²) >= 11 is 12.9. The van der Waals surface area contributed by atoms with Crippen LogP contribution in [-0.2, 0) is 6.61 Å². The number of halogens is 2. The number of urea groups is 1. The number of nitrogens with zero attached hydrogens (tertiary/aromatic N) is 1. The highest BCUT2D eigenvalue weighted by Gasteiger charge is 2.23. The number of anilines is 1. The number of benzene rings is 1. The molecule has 11 heteroatoms. The van der Waals surface area contributed by atoms with Crippen molar-refractivity contribution < 1.29 is 19.4 Å². The molecule has 0 aliphatic rings. The summed E-state index contributed by atoms with van der Waals surface area (Å²) in [5.74, 6) is -1.37. The highest BCUT2D eigenvalue weighted by atomic mass is 35.5. The summed E-state index contributed by atoms with van der Waals surface area (Å²) in [4.78, 5) is 23.6. The number of carboxylic acid groups (broad SMARTS) is 1. The Kier molecular flexibility index (Phi) is 8.31. The second kappa shape index (κ2) is 10.5. The van der Waals surface area contributed by atoms with Crippen LogP contribution in [0.3, 0.4) is 0 Å². The molecule has 4 N–H and O–H groups in total. The Bertz CT molecular complexity index is 845. The van der Waals surface area contributed by atoms with Crippen molar-refractivity contribution in [2.24, 2.45) is 0 Å². The van der Waals surface area contributed by atoms with Gasteiger partial charge in [0.15, 0.2) is 5.56 Å². The van der Waals surface area contributed by atoms with Crippen LogP contribution in [0.2, 0.25) is 10.0 Å². The number of carbonyl (C=O) groups is 2. The summed E-state index contributed by atoms with van der Waals surface area (Å²) in [6, 6.07) is 4.82. The van der Waals surface area contributed by atoms with E-state index in [1.807, 2.05) is 13.8 Å². The number of amides is 2. The maximum atomic E-state index is 12.0. The van der Waals surface area contributed by atoms with E-state index in [1.165, 1.54) is 0 Å². The van der Waals surface area contributed by atoms with E-state index in [-0.39, 0.29) is 23.1 Å². The van der Waals surface area contributed by atoms with Crippen molar-refractivity contribution in [1.82, 2.24) is 15.0 Å². The number of carboxylic acids is 1. The summed E-state index contributed by atoms with van der Waals surface area (Å²) in [5.41, 5.74) is 0.363. The molecule has 1 aromatic heterocycles. The molecule has 1 heterocycles. The molecule has 8 nitrogen and oxygen atoms in total. The molecule has 28 heavy (non-hydrogen) atoms. The Morgan fingerprint density at radius 1 is 1.29 bits per heavy atom. The van der Waals surface area contributed by atoms with E-state index >= 15 is 0 Å². The molecular weight excluding hydrogens is 427 g/mol. The van der Waals surface area contributed by atoms with Crippen molar-refractivity contribution in [3.05, 3.63) is 39.4 Å². The van der Waals surface area contributed by atoms with Crippen molar-refractivity contribution in [3.63, 3.8) is 0 Å². The predicted molar refractivity (Wildman–Crippen MR) is 110 cm³/mol. The minimum Gasteiger partial charge on any atom is -0.477 e. The Morgan fingerprint density at radius 3 is 2.71 bits per heavy atom. The van der Waals surface area contributed by atoms with Gasteiger partial charge in [0.05, 0.1) is 10.0 Å². The van der Waals surface area contributed by atoms with Crippen LogP contribution >= 0.6 is 34.7 Å². The molecule has 2 aromatic rings. The molecule has 0 aliphatic heterocycles. The molecule has 0 atom stereocenters. The highest BCUT2D eigenvalue weighted by Crippen LogP contribution is 2.32. The first-order valence-electron chi connectivity index (χ1n) is 8.36. The first-order chi connectivity index (χ1) is 13.3. The number of hydrogen-bond donors (Lipinski definition) is 4. The topological polar surface area (TPSA) is 113 Å². The number of ether oxygens (including phenoxy) is 1. The molecule has 0 saturated heterocycles. The largest absolute Gasteiger partial charge is 0.477 e. The van der Waals surface area contributed by atoms with Crippen LogP contribution in [0, 0.1) is 0 Å². The number of rotatable bonds is 9. The third-order valence-electron chi connectivity index (χ3n) is 3.46. The van der Waals surface area contributed by atoms with Gasteiger partial charge in [-0.3, -0.25) is 5.32 Å². The van der Waals surface area contributed by atoms with Crippen LogP contribution in [0.15, 0.2) is 18.2 Å². The van der Waals surface area contributed by atoms with Crippen molar-refractivity contribution in [1.29, 1.82) is 0 Å². The van der Waals surface area contributed by atoms with Crippen LogP contribution in [0.5, 0.6) is 5.88 Å². The zero-order valence-electron chi connectivity index (χ0n) is 15.2. The van der Waals surface area contributed by atoms with Gasteiger partial charge in [0, 0.05) is 24.7 Å². The maximum absolute atomic E-state index is 12.0. The van der Waals surface area contributed by atoms with Crippen LogP contribution in [0.25, 0.3) is 0 Å². The fourth-order valence-corrected chi connectivity index (χ4v) is 3.24. The molecular formula is C17H20Cl2N4O4S. The number of hydrogen-bond acceptors (Lipinski definition) is 6. The third kappa shape index (κ3) is 6.23. The van der Waals surface area contributed by atoms with E-state index in [9.17, 15) is 14.7 Å². The molecule has 2 amide bonds. The minimum absolute atomic E-state index is 0.0179. The summed E-state index contributed by atoms with van der Waals surface area (Å²) in [6.45, 7) is 4.95. The quantitative estimate of drug-likeness (QED) is 0.435. The molecule has 0 unspecified atom stereocenters. The summed E-state index contributed by atoms with van der Waals surface area (Å²) < 4.78 is 9.49. The minimum atomic E-state index is -1.27. The van der Waals surface area contributed by atoms with Crippen molar-refractivity contribution in [2.75, 3.05) is 18.4 Å². The Balaban J connectivity index is 2.01. The number of aromatic nitrogens is 1. The number of aromatic carboxylic acids is 1. The lowest BCUT2D eigenvalue weighted by atomic mass is 10.2. The van der Waals surface area contributed by atoms with Crippen LogP contribution in [0.4, 0.5) is 9.80 Å². The van der Waals surface area contributed by atoms with Gasteiger partial charge in [-0.1, -0.05) is 49.2 Å². The van der Waals surface area contributed by atoms with Crippen LogP contribution in [0.1, 0.15) is 29.8 Å². The summed E-state index contributed by atoms with van der Waals surface area (Å²) in [7, 11) is 0. The third-order valence-corrected chi connectivity index (χ3v) is 5.06. The smallest absolute Gasteiger partial charge is 0.344 e. The average molecular weight is 447 g/mol. The Morgan fingerprint density at radius 2 is 2.04 bits per heavy atom. The second-order valence-corrected chi connectivity index (χ2v) is 7.55. The fourth-order valence-electron chi connectivity index (χ4n) is 2.14. The van der Waals surface area contributed by atoms with Crippen molar-refractivity contribution >= 4 is 51.7 Å². The summed E-state index contributed by atoms with van der Waals surface area (Å²) in [6.07, 6.45) is 0. The average Bonchev–Trinajstić information content (AvgIpc) is 3.02. The zero-order chi connectivity index (χ0) is 20.7. The standard InChI is InChI=1S/C17H20Cl2N4O4S/c1-9(2)20-6-7-21-17(26)22-15-12(16(24)25)14(23-28-15)27-8-10-4-3-5-11(18)13(10)19/h3-5,9,20H,6-8H2,1-2H3,(H,24,25)(H2,21,22,26). The molecule has 0 bridgehead atoms. The SMILES string of the molecule is CC(C)NCCNC(=O)Nc1snc(OCc2cccc(Cl)c2Cl)c1C(=O)O. The predicted octanol–water partition coefficient (Wildman–Crippen LogP) is 3.85. The fraction of sp³-hybridized carbons (Fsp3) is 0.353. The van der Waals surface area contributed by atoms with Gasteiger partial charge in [-0.05, 0) is 17.6 Å². The van der Waals surface area contributed by atoms with Crippen LogP contribution < -0.4 is 20.7 Å². The normalized spacial score (nSPS) is 10.8. The van der Waals surface area contributed by atoms with E-state index in [2.05, 4.69) is 20.3 Å². The van der Waals surface area contributed by atoms with E-state index < -0.39 is 12.0 Å². The van der Waals surface area contributed by atoms with E-state index in [0.29, 0.717) is 34.7 Å². The lowest BCUT2D eigenvalue weighted by molar-refractivity contribution is 0.0693. The summed E-state index contributed by atoms with van der Waals surface area (Å²) in [5, 5.41) is 18.5. The first-order valence-corrected chi connectivity index (χ1v) is 9.89. The van der Waals surface area contributed by atoms with Gasteiger partial charge in [-0.15, -0.1) is 0 Å². The van der Waals surface area contributed by atoms with Crippen LogP contribution in [-0.4, -0.2) is 40.6 Å². The Hall–Kier alpha value is -2.07. The molecule has 0 fully saturated rings. The van der Waals surface area contributed by atoms with Gasteiger partial charge in [-0.25, -0.2) is 9.59 Å². The molecule has 0 aliphatic carbocycles. The van der Waals surface area contributed by atoms with Gasteiger partial charge < -0.3 is 20.5 Å². The zero-order valence-corrected chi connectivity index (χ0v) is 17.5. The van der Waals surface area contributed by atoms with Gasteiger partial charge in [0.1, 0.15) is 11.6 Å². The lowest BCUT2D eigenvalue weighted by Gasteiger charge is -2.10. The van der Waals surface area contributed by atoms with E-state index in [4.69, 9.17) is 27.9 Å². The molecule has 152 valence electrons. The van der Waals surface area contributed by atoms with Crippen molar-refractivity contribution in [2.45, 2.75) is 26.5 Å². The molecule has 0 saturated carbocycles.